The van der Waals surface area contributed by atoms with Gasteiger partial charge in [0.25, 0.3) is 5.56 Å². The summed E-state index contributed by atoms with van der Waals surface area (Å²) in [5, 5.41) is 5.61. The summed E-state index contributed by atoms with van der Waals surface area (Å²) in [4.78, 5) is 43.4. The number of aryl methyl sites for hydroxylation is 2. The number of aromatic nitrogens is 2. The highest BCUT2D eigenvalue weighted by Crippen LogP contribution is 2.33. The van der Waals surface area contributed by atoms with Gasteiger partial charge in [0.05, 0.1) is 29.0 Å². The van der Waals surface area contributed by atoms with Crippen LogP contribution in [-0.4, -0.2) is 27.9 Å². The maximum absolute atomic E-state index is 13.1. The first-order valence-corrected chi connectivity index (χ1v) is 10.6. The van der Waals surface area contributed by atoms with Crippen LogP contribution in [0.3, 0.4) is 0 Å². The lowest BCUT2D eigenvalue weighted by Gasteiger charge is -2.11. The molecule has 1 aliphatic rings. The second-order valence-corrected chi connectivity index (χ2v) is 8.51. The van der Waals surface area contributed by atoms with E-state index < -0.39 is 17.6 Å². The zero-order chi connectivity index (χ0) is 21.3. The number of nitrogens with zero attached hydrogens (tertiary/aromatic N) is 2. The van der Waals surface area contributed by atoms with E-state index in [9.17, 15) is 18.8 Å². The Morgan fingerprint density at radius 2 is 2.03 bits per heavy atom. The van der Waals surface area contributed by atoms with Gasteiger partial charge in [-0.05, 0) is 49.4 Å². The lowest BCUT2D eigenvalue weighted by Crippen LogP contribution is -2.37. The maximum atomic E-state index is 13.1. The number of fused-ring (bicyclic) bond motifs is 3. The van der Waals surface area contributed by atoms with Crippen LogP contribution in [0.2, 0.25) is 5.02 Å². The van der Waals surface area contributed by atoms with Crippen LogP contribution in [0.25, 0.3) is 10.2 Å². The van der Waals surface area contributed by atoms with E-state index in [0.29, 0.717) is 10.2 Å². The molecule has 2 N–H and O–H groups in total. The van der Waals surface area contributed by atoms with Crippen molar-refractivity contribution < 1.29 is 14.0 Å². The quantitative estimate of drug-likeness (QED) is 0.627. The number of hydrogen-bond acceptors (Lipinski definition) is 5. The number of benzene rings is 1. The standard InChI is InChI=1S/C20H18ClFN4O3S/c21-13-7-11(22)5-6-14(13)25-16(27)8-23-17(28)9-26-10-24-19-18(20(26)29)12-3-1-2-4-15(12)30-19/h5-7,10H,1-4,8-9H2,(H,23,28)(H,25,27). The van der Waals surface area contributed by atoms with Crippen LogP contribution in [0.4, 0.5) is 10.1 Å². The van der Waals surface area contributed by atoms with Gasteiger partial charge >= 0.3 is 0 Å². The Morgan fingerprint density at radius 1 is 1.23 bits per heavy atom. The fourth-order valence-corrected chi connectivity index (χ4v) is 4.90. The van der Waals surface area contributed by atoms with Crippen molar-refractivity contribution in [1.29, 1.82) is 0 Å². The van der Waals surface area contributed by atoms with Crippen molar-refractivity contribution >= 4 is 50.7 Å². The average Bonchev–Trinajstić information content (AvgIpc) is 3.10. The molecule has 0 spiro atoms. The zero-order valence-corrected chi connectivity index (χ0v) is 17.4. The summed E-state index contributed by atoms with van der Waals surface area (Å²) in [6.07, 6.45) is 5.34. The third-order valence-electron chi connectivity index (χ3n) is 4.91. The number of carbonyl (C=O) groups excluding carboxylic acids is 2. The molecule has 10 heteroatoms. The molecule has 1 aliphatic carbocycles. The Labute approximate surface area is 179 Å². The van der Waals surface area contributed by atoms with Gasteiger partial charge in [-0.3, -0.25) is 19.0 Å². The molecule has 30 heavy (non-hydrogen) atoms. The molecule has 0 radical (unpaired) electrons. The smallest absolute Gasteiger partial charge is 0.262 e. The minimum atomic E-state index is -0.523. The molecule has 0 aliphatic heterocycles. The molecule has 0 fully saturated rings. The first-order chi connectivity index (χ1) is 14.4. The molecular weight excluding hydrogens is 431 g/mol. The summed E-state index contributed by atoms with van der Waals surface area (Å²) in [5.41, 5.74) is 1.06. The van der Waals surface area contributed by atoms with Crippen LogP contribution >= 0.6 is 22.9 Å². The minimum absolute atomic E-state index is 0.0553. The van der Waals surface area contributed by atoms with E-state index in [1.165, 1.54) is 27.9 Å². The predicted octanol–water partition coefficient (Wildman–Crippen LogP) is 2.88. The Balaban J connectivity index is 1.40. The normalized spacial score (nSPS) is 13.1. The van der Waals surface area contributed by atoms with Crippen LogP contribution in [-0.2, 0) is 29.0 Å². The van der Waals surface area contributed by atoms with E-state index in [-0.39, 0.29) is 29.4 Å². The monoisotopic (exact) mass is 448 g/mol. The predicted molar refractivity (Wildman–Crippen MR) is 114 cm³/mol. The highest BCUT2D eigenvalue weighted by Gasteiger charge is 2.20. The second kappa shape index (κ2) is 8.53. The average molecular weight is 449 g/mol. The van der Waals surface area contributed by atoms with Gasteiger partial charge in [-0.25, -0.2) is 9.37 Å². The van der Waals surface area contributed by atoms with Crippen molar-refractivity contribution in [2.24, 2.45) is 0 Å². The summed E-state index contributed by atoms with van der Waals surface area (Å²) < 4.78 is 14.3. The van der Waals surface area contributed by atoms with E-state index >= 15 is 0 Å². The molecular formula is C20H18ClFN4O3S. The van der Waals surface area contributed by atoms with E-state index in [2.05, 4.69) is 15.6 Å². The Morgan fingerprint density at radius 3 is 2.83 bits per heavy atom. The molecule has 0 atom stereocenters. The summed E-state index contributed by atoms with van der Waals surface area (Å²) in [5.74, 6) is -1.54. The Hall–Kier alpha value is -2.78. The topological polar surface area (TPSA) is 93.1 Å². The van der Waals surface area contributed by atoms with Crippen LogP contribution in [0, 0.1) is 5.82 Å². The number of anilines is 1. The summed E-state index contributed by atoms with van der Waals surface area (Å²) in [6.45, 7) is -0.554. The van der Waals surface area contributed by atoms with Gasteiger partial charge in [-0.2, -0.15) is 0 Å². The minimum Gasteiger partial charge on any atom is -0.345 e. The van der Waals surface area contributed by atoms with Crippen molar-refractivity contribution in [1.82, 2.24) is 14.9 Å². The molecule has 0 saturated carbocycles. The molecule has 7 nitrogen and oxygen atoms in total. The van der Waals surface area contributed by atoms with Gasteiger partial charge in [0.15, 0.2) is 0 Å². The lowest BCUT2D eigenvalue weighted by molar-refractivity contribution is -0.124. The van der Waals surface area contributed by atoms with E-state index in [0.717, 1.165) is 37.3 Å². The third kappa shape index (κ3) is 4.22. The molecule has 1 aromatic carbocycles. The first-order valence-electron chi connectivity index (χ1n) is 9.43. The van der Waals surface area contributed by atoms with Gasteiger partial charge in [-0.1, -0.05) is 11.6 Å². The Bertz CT molecular complexity index is 1210. The van der Waals surface area contributed by atoms with Crippen LogP contribution in [0.15, 0.2) is 29.3 Å². The van der Waals surface area contributed by atoms with Crippen molar-refractivity contribution in [2.75, 3.05) is 11.9 Å². The van der Waals surface area contributed by atoms with Gasteiger partial charge in [0.1, 0.15) is 17.2 Å². The molecule has 2 amide bonds. The first kappa shape index (κ1) is 20.5. The number of rotatable bonds is 5. The largest absolute Gasteiger partial charge is 0.345 e. The van der Waals surface area contributed by atoms with Crippen LogP contribution in [0.5, 0.6) is 0 Å². The van der Waals surface area contributed by atoms with Gasteiger partial charge in [-0.15, -0.1) is 11.3 Å². The highest BCUT2D eigenvalue weighted by molar-refractivity contribution is 7.18. The molecule has 0 saturated heterocycles. The van der Waals surface area contributed by atoms with Crippen molar-refractivity contribution in [2.45, 2.75) is 32.2 Å². The molecule has 0 bridgehead atoms. The number of halogens is 2. The third-order valence-corrected chi connectivity index (χ3v) is 6.42. The van der Waals surface area contributed by atoms with Crippen LogP contribution in [0.1, 0.15) is 23.3 Å². The van der Waals surface area contributed by atoms with E-state index in [4.69, 9.17) is 11.6 Å². The van der Waals surface area contributed by atoms with Gasteiger partial charge in [0, 0.05) is 4.88 Å². The molecule has 3 aromatic rings. The fourth-order valence-electron chi connectivity index (χ4n) is 3.47. The van der Waals surface area contributed by atoms with Gasteiger partial charge < -0.3 is 10.6 Å². The van der Waals surface area contributed by atoms with Gasteiger partial charge in [0.2, 0.25) is 11.8 Å². The molecule has 0 unspecified atom stereocenters. The SMILES string of the molecule is O=C(Cn1cnc2sc3c(c2c1=O)CCCC3)NCC(=O)Nc1ccc(F)cc1Cl. The number of carbonyl (C=O) groups is 2. The summed E-state index contributed by atoms with van der Waals surface area (Å²) >= 11 is 7.41. The highest BCUT2D eigenvalue weighted by atomic mass is 35.5. The summed E-state index contributed by atoms with van der Waals surface area (Å²) in [6, 6.07) is 3.58. The lowest BCUT2D eigenvalue weighted by atomic mass is 9.97. The number of nitrogens with one attached hydrogen (secondary N) is 2. The number of thiophene rings is 1. The Kier molecular flexibility index (Phi) is 5.83. The zero-order valence-electron chi connectivity index (χ0n) is 15.8. The number of hydrogen-bond donors (Lipinski definition) is 2. The van der Waals surface area contributed by atoms with Crippen molar-refractivity contribution in [3.05, 3.63) is 56.2 Å². The van der Waals surface area contributed by atoms with Crippen molar-refractivity contribution in [3.8, 4) is 0 Å². The van der Waals surface area contributed by atoms with E-state index in [1.54, 1.807) is 11.3 Å². The van der Waals surface area contributed by atoms with E-state index in [1.807, 2.05) is 0 Å². The molecule has 2 heterocycles. The second-order valence-electron chi connectivity index (χ2n) is 7.02. The summed E-state index contributed by atoms with van der Waals surface area (Å²) in [7, 11) is 0. The maximum Gasteiger partial charge on any atom is 0.262 e. The molecule has 2 aromatic heterocycles. The van der Waals surface area contributed by atoms with Crippen LogP contribution < -0.4 is 16.2 Å². The molecule has 4 rings (SSSR count). The fraction of sp³-hybridized carbons (Fsp3) is 0.300. The number of amides is 2. The van der Waals surface area contributed by atoms with Crippen molar-refractivity contribution in [3.63, 3.8) is 0 Å². The molecule has 156 valence electrons.